The van der Waals surface area contributed by atoms with Crippen molar-refractivity contribution >= 4 is 16.8 Å². The summed E-state index contributed by atoms with van der Waals surface area (Å²) in [5.41, 5.74) is 3.02. The van der Waals surface area contributed by atoms with Gasteiger partial charge in [-0.25, -0.2) is 4.39 Å². The van der Waals surface area contributed by atoms with E-state index in [9.17, 15) is 19.4 Å². The first-order valence-electron chi connectivity index (χ1n) is 8.95. The fraction of sp³-hybridized carbons (Fsp3) is 0.286. The first-order valence-corrected chi connectivity index (χ1v) is 8.95. The number of halogens is 1. The lowest BCUT2D eigenvalue weighted by Crippen LogP contribution is -2.32. The highest BCUT2D eigenvalue weighted by Crippen LogP contribution is 2.25. The molecule has 1 amide bonds. The summed E-state index contributed by atoms with van der Waals surface area (Å²) in [6.45, 7) is 1.79. The Balaban J connectivity index is 1.69. The molecule has 0 saturated heterocycles. The fourth-order valence-corrected chi connectivity index (χ4v) is 2.91. The minimum absolute atomic E-state index is 0.127. The van der Waals surface area contributed by atoms with Crippen LogP contribution in [0.4, 0.5) is 4.39 Å². The summed E-state index contributed by atoms with van der Waals surface area (Å²) in [7, 11) is 0. The van der Waals surface area contributed by atoms with Crippen LogP contribution in [0.5, 0.6) is 0 Å². The highest BCUT2D eigenvalue weighted by Gasteiger charge is 2.13. The quantitative estimate of drug-likeness (QED) is 0.515. The average Bonchev–Trinajstić information content (AvgIpc) is 3.08. The molecule has 0 fully saturated rings. The first kappa shape index (κ1) is 19.1. The van der Waals surface area contributed by atoms with Crippen LogP contribution in [0.3, 0.4) is 0 Å². The van der Waals surface area contributed by atoms with Crippen molar-refractivity contribution in [3.8, 4) is 11.1 Å². The molecule has 3 aromatic rings. The van der Waals surface area contributed by atoms with Crippen LogP contribution in [-0.4, -0.2) is 39.9 Å². The molecular formula is C21H23FN2O3. The average molecular weight is 370 g/mol. The second-order valence-electron chi connectivity index (χ2n) is 6.78. The van der Waals surface area contributed by atoms with Gasteiger partial charge in [-0.15, -0.1) is 0 Å². The Morgan fingerprint density at radius 1 is 1.07 bits per heavy atom. The van der Waals surface area contributed by atoms with E-state index in [-0.39, 0.29) is 18.3 Å². The molecule has 142 valence electrons. The van der Waals surface area contributed by atoms with Crippen molar-refractivity contribution in [3.05, 3.63) is 60.0 Å². The zero-order chi connectivity index (χ0) is 19.4. The SMILES string of the molecule is CC(O)CCC(O)CNC(=O)c1cc2ccc(-c3ccc(F)cc3)cc2[nH]1. The van der Waals surface area contributed by atoms with Gasteiger partial charge < -0.3 is 20.5 Å². The fourth-order valence-electron chi connectivity index (χ4n) is 2.91. The molecule has 0 aliphatic rings. The van der Waals surface area contributed by atoms with Crippen LogP contribution >= 0.6 is 0 Å². The normalized spacial score (nSPS) is 13.5. The van der Waals surface area contributed by atoms with Gasteiger partial charge in [-0.1, -0.05) is 24.3 Å². The molecule has 3 rings (SSSR count). The van der Waals surface area contributed by atoms with Crippen LogP contribution < -0.4 is 5.32 Å². The highest BCUT2D eigenvalue weighted by atomic mass is 19.1. The van der Waals surface area contributed by atoms with E-state index in [0.717, 1.165) is 22.0 Å². The molecule has 2 aromatic carbocycles. The lowest BCUT2D eigenvalue weighted by molar-refractivity contribution is 0.0885. The van der Waals surface area contributed by atoms with Crippen LogP contribution in [-0.2, 0) is 0 Å². The summed E-state index contributed by atoms with van der Waals surface area (Å²) in [5.74, 6) is -0.583. The van der Waals surface area contributed by atoms with Gasteiger partial charge in [-0.3, -0.25) is 4.79 Å². The van der Waals surface area contributed by atoms with Crippen LogP contribution in [0.25, 0.3) is 22.0 Å². The summed E-state index contributed by atoms with van der Waals surface area (Å²) < 4.78 is 13.1. The third-order valence-corrected chi connectivity index (χ3v) is 4.46. The Morgan fingerprint density at radius 3 is 2.48 bits per heavy atom. The Morgan fingerprint density at radius 2 is 1.78 bits per heavy atom. The number of amides is 1. The number of carbonyl (C=O) groups excluding carboxylic acids is 1. The van der Waals surface area contributed by atoms with Crippen molar-refractivity contribution in [1.29, 1.82) is 0 Å². The monoisotopic (exact) mass is 370 g/mol. The predicted molar refractivity (Wildman–Crippen MR) is 103 cm³/mol. The molecule has 0 spiro atoms. The topological polar surface area (TPSA) is 85.3 Å². The Bertz CT molecular complexity index is 919. The summed E-state index contributed by atoms with van der Waals surface area (Å²) in [4.78, 5) is 15.4. The standard InChI is InChI=1S/C21H23FN2O3/c1-13(25)2-9-18(26)12-23-21(27)20-11-16-4-3-15(10-19(16)24-20)14-5-7-17(22)8-6-14/h3-8,10-11,13,18,24-26H,2,9,12H2,1H3,(H,23,27). The molecule has 0 aliphatic heterocycles. The molecule has 2 atom stereocenters. The number of H-pyrrole nitrogens is 1. The molecule has 0 radical (unpaired) electrons. The number of fused-ring (bicyclic) bond motifs is 1. The van der Waals surface area contributed by atoms with E-state index in [1.54, 1.807) is 25.1 Å². The molecular weight excluding hydrogens is 347 g/mol. The van der Waals surface area contributed by atoms with Crippen LogP contribution in [0.2, 0.25) is 0 Å². The molecule has 27 heavy (non-hydrogen) atoms. The number of rotatable bonds is 7. The number of aromatic amines is 1. The van der Waals surface area contributed by atoms with Gasteiger partial charge in [0.25, 0.3) is 5.91 Å². The van der Waals surface area contributed by atoms with Crippen LogP contribution in [0.15, 0.2) is 48.5 Å². The molecule has 6 heteroatoms. The molecule has 5 nitrogen and oxygen atoms in total. The minimum atomic E-state index is -0.696. The van der Waals surface area contributed by atoms with Crippen molar-refractivity contribution in [2.75, 3.05) is 6.54 Å². The maximum Gasteiger partial charge on any atom is 0.267 e. The van der Waals surface area contributed by atoms with Gasteiger partial charge >= 0.3 is 0 Å². The lowest BCUT2D eigenvalue weighted by Gasteiger charge is -2.12. The van der Waals surface area contributed by atoms with Gasteiger partial charge in [0.1, 0.15) is 11.5 Å². The van der Waals surface area contributed by atoms with Crippen molar-refractivity contribution < 1.29 is 19.4 Å². The predicted octanol–water partition coefficient (Wildman–Crippen LogP) is 3.23. The summed E-state index contributed by atoms with van der Waals surface area (Å²) in [6.07, 6.45) is -0.265. The summed E-state index contributed by atoms with van der Waals surface area (Å²) in [6, 6.07) is 13.7. The zero-order valence-electron chi connectivity index (χ0n) is 15.1. The van der Waals surface area contributed by atoms with Gasteiger partial charge in [-0.05, 0) is 55.2 Å². The molecule has 4 N–H and O–H groups in total. The van der Waals surface area contributed by atoms with E-state index < -0.39 is 12.2 Å². The minimum Gasteiger partial charge on any atom is -0.393 e. The molecule has 0 aliphatic carbocycles. The van der Waals surface area contributed by atoms with Gasteiger partial charge in [0.15, 0.2) is 0 Å². The summed E-state index contributed by atoms with van der Waals surface area (Å²) >= 11 is 0. The number of hydrogen-bond acceptors (Lipinski definition) is 3. The second kappa shape index (κ2) is 8.33. The lowest BCUT2D eigenvalue weighted by atomic mass is 10.0. The molecule has 0 bridgehead atoms. The number of carbonyl (C=O) groups is 1. The highest BCUT2D eigenvalue weighted by molar-refractivity contribution is 5.98. The maximum absolute atomic E-state index is 13.1. The number of aromatic nitrogens is 1. The van der Waals surface area contributed by atoms with Crippen molar-refractivity contribution in [1.82, 2.24) is 10.3 Å². The molecule has 1 aromatic heterocycles. The number of aliphatic hydroxyl groups is 2. The van der Waals surface area contributed by atoms with Gasteiger partial charge in [0, 0.05) is 17.4 Å². The van der Waals surface area contributed by atoms with Gasteiger partial charge in [0.05, 0.1) is 12.2 Å². The van der Waals surface area contributed by atoms with Crippen LogP contribution in [0.1, 0.15) is 30.3 Å². The van der Waals surface area contributed by atoms with Crippen molar-refractivity contribution in [2.45, 2.75) is 32.0 Å². The molecule has 0 saturated carbocycles. The van der Waals surface area contributed by atoms with E-state index in [1.807, 2.05) is 18.2 Å². The van der Waals surface area contributed by atoms with Crippen LogP contribution in [0, 0.1) is 5.82 Å². The Labute approximate surface area is 156 Å². The summed E-state index contributed by atoms with van der Waals surface area (Å²) in [5, 5.41) is 22.7. The van der Waals surface area contributed by atoms with Crippen molar-refractivity contribution in [3.63, 3.8) is 0 Å². The first-order chi connectivity index (χ1) is 12.9. The Hall–Kier alpha value is -2.70. The van der Waals surface area contributed by atoms with E-state index in [0.29, 0.717) is 18.5 Å². The third kappa shape index (κ3) is 4.93. The van der Waals surface area contributed by atoms with Gasteiger partial charge in [-0.2, -0.15) is 0 Å². The van der Waals surface area contributed by atoms with E-state index in [2.05, 4.69) is 10.3 Å². The molecule has 1 heterocycles. The second-order valence-corrected chi connectivity index (χ2v) is 6.78. The zero-order valence-corrected chi connectivity index (χ0v) is 15.1. The third-order valence-electron chi connectivity index (χ3n) is 4.46. The van der Waals surface area contributed by atoms with E-state index >= 15 is 0 Å². The number of nitrogens with one attached hydrogen (secondary N) is 2. The number of hydrogen-bond donors (Lipinski definition) is 4. The Kier molecular flexibility index (Phi) is 5.88. The molecule has 2 unspecified atom stereocenters. The van der Waals surface area contributed by atoms with E-state index in [1.165, 1.54) is 12.1 Å². The number of benzene rings is 2. The maximum atomic E-state index is 13.1. The van der Waals surface area contributed by atoms with Crippen molar-refractivity contribution in [2.24, 2.45) is 0 Å². The number of aliphatic hydroxyl groups excluding tert-OH is 2. The smallest absolute Gasteiger partial charge is 0.267 e. The largest absolute Gasteiger partial charge is 0.393 e. The van der Waals surface area contributed by atoms with E-state index in [4.69, 9.17) is 0 Å². The van der Waals surface area contributed by atoms with Gasteiger partial charge in [0.2, 0.25) is 0 Å².